The highest BCUT2D eigenvalue weighted by Crippen LogP contribution is 2.54. The Bertz CT molecular complexity index is 996. The highest BCUT2D eigenvalue weighted by Gasteiger charge is 2.44. The van der Waals surface area contributed by atoms with E-state index < -0.39 is 0 Å². The van der Waals surface area contributed by atoms with Crippen molar-refractivity contribution in [3.63, 3.8) is 0 Å². The summed E-state index contributed by atoms with van der Waals surface area (Å²) in [7, 11) is 0. The molecule has 3 heteroatoms. The van der Waals surface area contributed by atoms with Crippen LogP contribution in [0.2, 0.25) is 0 Å². The summed E-state index contributed by atoms with van der Waals surface area (Å²) in [4.78, 5) is 1.79. The SMILES string of the molecule is c1ccc(-n2nc3c(n2)C2c4ccccc4C3c3ccccc32)cc1. The van der Waals surface area contributed by atoms with Crippen molar-refractivity contribution in [2.24, 2.45) is 0 Å². The molecule has 3 aliphatic carbocycles. The van der Waals surface area contributed by atoms with Crippen LogP contribution in [0.25, 0.3) is 5.69 Å². The van der Waals surface area contributed by atoms with Crippen LogP contribution >= 0.6 is 0 Å². The summed E-state index contributed by atoms with van der Waals surface area (Å²) < 4.78 is 0. The fraction of sp³-hybridized carbons (Fsp3) is 0.0909. The van der Waals surface area contributed by atoms with Crippen molar-refractivity contribution >= 4 is 0 Å². The Morgan fingerprint density at radius 2 is 0.920 bits per heavy atom. The van der Waals surface area contributed by atoms with Gasteiger partial charge in [0.15, 0.2) is 0 Å². The maximum Gasteiger partial charge on any atom is 0.0992 e. The predicted molar refractivity (Wildman–Crippen MR) is 96.1 cm³/mol. The third kappa shape index (κ3) is 1.65. The third-order valence-electron chi connectivity index (χ3n) is 5.44. The maximum atomic E-state index is 4.91. The van der Waals surface area contributed by atoms with Gasteiger partial charge in [0, 0.05) is 0 Å². The van der Waals surface area contributed by atoms with Crippen molar-refractivity contribution in [2.45, 2.75) is 11.8 Å². The van der Waals surface area contributed by atoms with Gasteiger partial charge in [0.1, 0.15) is 0 Å². The number of benzene rings is 3. The molecule has 1 heterocycles. The Balaban J connectivity index is 1.65. The lowest BCUT2D eigenvalue weighted by atomic mass is 9.64. The van der Waals surface area contributed by atoms with Crippen molar-refractivity contribution in [3.05, 3.63) is 113 Å². The molecule has 3 aromatic carbocycles. The van der Waals surface area contributed by atoms with Crippen LogP contribution < -0.4 is 0 Å². The van der Waals surface area contributed by atoms with Crippen LogP contribution in [-0.2, 0) is 0 Å². The monoisotopic (exact) mass is 321 g/mol. The fourth-order valence-electron chi connectivity index (χ4n) is 4.41. The van der Waals surface area contributed by atoms with Crippen molar-refractivity contribution in [1.29, 1.82) is 0 Å². The summed E-state index contributed by atoms with van der Waals surface area (Å²) in [5.74, 6) is 0.370. The highest BCUT2D eigenvalue weighted by molar-refractivity contribution is 5.64. The minimum atomic E-state index is 0.185. The van der Waals surface area contributed by atoms with Gasteiger partial charge in [0.2, 0.25) is 0 Å². The molecule has 0 amide bonds. The molecule has 0 atom stereocenters. The molecule has 2 bridgehead atoms. The summed E-state index contributed by atoms with van der Waals surface area (Å²) in [6.07, 6.45) is 0. The van der Waals surface area contributed by atoms with Crippen LogP contribution in [0.4, 0.5) is 0 Å². The molecule has 4 aromatic rings. The van der Waals surface area contributed by atoms with E-state index in [0.717, 1.165) is 17.1 Å². The van der Waals surface area contributed by atoms with Gasteiger partial charge in [-0.3, -0.25) is 0 Å². The van der Waals surface area contributed by atoms with Gasteiger partial charge in [-0.1, -0.05) is 66.7 Å². The summed E-state index contributed by atoms with van der Waals surface area (Å²) in [6.45, 7) is 0. The molecule has 0 fully saturated rings. The van der Waals surface area contributed by atoms with Gasteiger partial charge >= 0.3 is 0 Å². The molecule has 7 rings (SSSR count). The number of nitrogens with zero attached hydrogens (tertiary/aromatic N) is 3. The van der Waals surface area contributed by atoms with Gasteiger partial charge in [-0.05, 0) is 34.4 Å². The van der Waals surface area contributed by atoms with Gasteiger partial charge in [0.25, 0.3) is 0 Å². The van der Waals surface area contributed by atoms with E-state index in [1.54, 1.807) is 4.80 Å². The van der Waals surface area contributed by atoms with Crippen LogP contribution in [-0.4, -0.2) is 15.0 Å². The quantitative estimate of drug-likeness (QED) is 0.453. The molecule has 1 aromatic heterocycles. The van der Waals surface area contributed by atoms with E-state index in [1.165, 1.54) is 22.3 Å². The highest BCUT2D eigenvalue weighted by atomic mass is 15.5. The lowest BCUT2D eigenvalue weighted by Gasteiger charge is -2.38. The topological polar surface area (TPSA) is 30.7 Å². The Labute approximate surface area is 145 Å². The van der Waals surface area contributed by atoms with Gasteiger partial charge in [0.05, 0.1) is 28.9 Å². The Morgan fingerprint density at radius 3 is 1.36 bits per heavy atom. The molecule has 0 saturated carbocycles. The number of hydrogen-bond acceptors (Lipinski definition) is 2. The minimum Gasteiger partial charge on any atom is -0.152 e. The molecule has 3 nitrogen and oxygen atoms in total. The van der Waals surface area contributed by atoms with Crippen molar-refractivity contribution in [3.8, 4) is 5.69 Å². The molecule has 25 heavy (non-hydrogen) atoms. The van der Waals surface area contributed by atoms with Crippen molar-refractivity contribution in [2.75, 3.05) is 0 Å². The predicted octanol–water partition coefficient (Wildman–Crippen LogP) is 4.25. The molecule has 118 valence electrons. The average Bonchev–Trinajstić information content (AvgIpc) is 3.14. The van der Waals surface area contributed by atoms with Crippen molar-refractivity contribution < 1.29 is 0 Å². The molecule has 0 saturated heterocycles. The van der Waals surface area contributed by atoms with E-state index in [4.69, 9.17) is 10.2 Å². The molecular formula is C22H15N3. The smallest absolute Gasteiger partial charge is 0.0992 e. The zero-order valence-corrected chi connectivity index (χ0v) is 13.5. The molecule has 0 spiro atoms. The van der Waals surface area contributed by atoms with Crippen molar-refractivity contribution in [1.82, 2.24) is 15.0 Å². The summed E-state index contributed by atoms with van der Waals surface area (Å²) in [6, 6.07) is 27.6. The zero-order chi connectivity index (χ0) is 16.4. The summed E-state index contributed by atoms with van der Waals surface area (Å²) in [5, 5.41) is 9.81. The van der Waals surface area contributed by atoms with Gasteiger partial charge < -0.3 is 0 Å². The molecule has 0 aliphatic heterocycles. The van der Waals surface area contributed by atoms with Crippen LogP contribution in [0.15, 0.2) is 78.9 Å². The molecular weight excluding hydrogens is 306 g/mol. The number of para-hydroxylation sites is 1. The second-order valence-electron chi connectivity index (χ2n) is 6.72. The first-order valence-electron chi connectivity index (χ1n) is 8.62. The molecule has 0 N–H and O–H groups in total. The largest absolute Gasteiger partial charge is 0.152 e. The minimum absolute atomic E-state index is 0.185. The van der Waals surface area contributed by atoms with Crippen LogP contribution in [0.3, 0.4) is 0 Å². The number of hydrogen-bond donors (Lipinski definition) is 0. The van der Waals surface area contributed by atoms with E-state index in [0.29, 0.717) is 0 Å². The first-order valence-corrected chi connectivity index (χ1v) is 8.62. The van der Waals surface area contributed by atoms with E-state index in [1.807, 2.05) is 30.3 Å². The van der Waals surface area contributed by atoms with E-state index in [9.17, 15) is 0 Å². The normalized spacial score (nSPS) is 19.2. The number of aromatic nitrogens is 3. The van der Waals surface area contributed by atoms with E-state index >= 15 is 0 Å². The summed E-state index contributed by atoms with van der Waals surface area (Å²) >= 11 is 0. The van der Waals surface area contributed by atoms with Crippen LogP contribution in [0.5, 0.6) is 0 Å². The second kappa shape index (κ2) is 4.67. The van der Waals surface area contributed by atoms with Gasteiger partial charge in [-0.25, -0.2) is 0 Å². The first-order chi connectivity index (χ1) is 12.4. The third-order valence-corrected chi connectivity index (χ3v) is 5.44. The zero-order valence-electron chi connectivity index (χ0n) is 13.5. The fourth-order valence-corrected chi connectivity index (χ4v) is 4.41. The number of rotatable bonds is 1. The van der Waals surface area contributed by atoms with Gasteiger partial charge in [-0.2, -0.15) is 15.0 Å². The standard InChI is InChI=1S/C22H15N3/c1-2-8-14(9-3-1)25-23-21-19-15-10-4-5-11-16(15)20(22(21)24-25)18-13-7-6-12-17(18)19/h1-13,19-20H. The Kier molecular flexibility index (Phi) is 2.45. The lowest BCUT2D eigenvalue weighted by molar-refractivity contribution is 0.727. The molecule has 0 radical (unpaired) electrons. The maximum absolute atomic E-state index is 4.91. The van der Waals surface area contributed by atoms with Gasteiger partial charge in [-0.15, -0.1) is 0 Å². The second-order valence-corrected chi connectivity index (χ2v) is 6.72. The first kappa shape index (κ1) is 13.1. The van der Waals surface area contributed by atoms with Crippen LogP contribution in [0.1, 0.15) is 45.5 Å². The molecule has 0 unspecified atom stereocenters. The van der Waals surface area contributed by atoms with E-state index in [-0.39, 0.29) is 11.8 Å². The Hall–Kier alpha value is -3.20. The van der Waals surface area contributed by atoms with Crippen LogP contribution in [0, 0.1) is 0 Å². The van der Waals surface area contributed by atoms with E-state index in [2.05, 4.69) is 48.5 Å². The summed E-state index contributed by atoms with van der Waals surface area (Å²) in [5.41, 5.74) is 8.71. The average molecular weight is 321 g/mol. The molecule has 3 aliphatic rings. The Morgan fingerprint density at radius 1 is 0.520 bits per heavy atom. The lowest BCUT2D eigenvalue weighted by Crippen LogP contribution is -2.27.